The fraction of sp³-hybridized carbons (Fsp3) is 0.909. The minimum Gasteiger partial charge on any atom is -0.479 e. The number of hydrogen-bond donors (Lipinski definition) is 1. The molecule has 4 heteroatoms. The molecule has 0 radical (unpaired) electrons. The van der Waals surface area contributed by atoms with Crippen molar-refractivity contribution in [2.75, 3.05) is 13.2 Å². The topological polar surface area (TPSA) is 55.8 Å². The van der Waals surface area contributed by atoms with Crippen LogP contribution >= 0.6 is 0 Å². The summed E-state index contributed by atoms with van der Waals surface area (Å²) in [5.41, 5.74) is -0.237. The van der Waals surface area contributed by atoms with E-state index in [2.05, 4.69) is 6.92 Å². The Kier molecular flexibility index (Phi) is 2.98. The zero-order valence-electron chi connectivity index (χ0n) is 9.07. The van der Waals surface area contributed by atoms with Crippen LogP contribution in [0.4, 0.5) is 0 Å². The molecule has 1 spiro atoms. The third-order valence-corrected chi connectivity index (χ3v) is 3.65. The van der Waals surface area contributed by atoms with Gasteiger partial charge in [-0.25, -0.2) is 4.79 Å². The van der Waals surface area contributed by atoms with Gasteiger partial charge in [-0.1, -0.05) is 6.92 Å². The van der Waals surface area contributed by atoms with Crippen LogP contribution < -0.4 is 0 Å². The highest BCUT2D eigenvalue weighted by molar-refractivity contribution is 5.72. The van der Waals surface area contributed by atoms with E-state index >= 15 is 0 Å². The monoisotopic (exact) mass is 214 g/mol. The number of carboxylic acids is 1. The number of carbonyl (C=O) groups is 1. The van der Waals surface area contributed by atoms with Gasteiger partial charge in [0.15, 0.2) is 6.10 Å². The molecule has 3 atom stereocenters. The molecule has 86 valence electrons. The highest BCUT2D eigenvalue weighted by Gasteiger charge is 2.45. The van der Waals surface area contributed by atoms with Crippen molar-refractivity contribution in [1.82, 2.24) is 0 Å². The van der Waals surface area contributed by atoms with Crippen molar-refractivity contribution in [3.05, 3.63) is 0 Å². The molecule has 4 nitrogen and oxygen atoms in total. The second-order valence-electron chi connectivity index (χ2n) is 4.63. The maximum atomic E-state index is 10.9. The van der Waals surface area contributed by atoms with E-state index in [4.69, 9.17) is 14.6 Å². The van der Waals surface area contributed by atoms with Gasteiger partial charge in [-0.2, -0.15) is 0 Å². The van der Waals surface area contributed by atoms with Crippen LogP contribution in [-0.2, 0) is 14.3 Å². The van der Waals surface area contributed by atoms with E-state index in [1.54, 1.807) is 0 Å². The third kappa shape index (κ3) is 2.01. The maximum Gasteiger partial charge on any atom is 0.332 e. The molecular formula is C11H18O4. The molecule has 2 aliphatic rings. The lowest BCUT2D eigenvalue weighted by atomic mass is 9.78. The quantitative estimate of drug-likeness (QED) is 0.717. The average molecular weight is 214 g/mol. The van der Waals surface area contributed by atoms with E-state index in [1.165, 1.54) is 0 Å². The molecule has 2 heterocycles. The molecule has 3 unspecified atom stereocenters. The molecule has 2 fully saturated rings. The summed E-state index contributed by atoms with van der Waals surface area (Å²) in [6.45, 7) is 3.46. The van der Waals surface area contributed by atoms with Crippen molar-refractivity contribution in [1.29, 1.82) is 0 Å². The highest BCUT2D eigenvalue weighted by atomic mass is 16.5. The van der Waals surface area contributed by atoms with Gasteiger partial charge in [0.2, 0.25) is 0 Å². The van der Waals surface area contributed by atoms with Crippen LogP contribution in [0.15, 0.2) is 0 Å². The molecule has 2 rings (SSSR count). The number of carboxylic acid groups (broad SMARTS) is 1. The Labute approximate surface area is 89.6 Å². The van der Waals surface area contributed by atoms with Crippen LogP contribution in [0.1, 0.15) is 32.6 Å². The van der Waals surface area contributed by atoms with Crippen molar-refractivity contribution in [3.63, 3.8) is 0 Å². The Bertz CT molecular complexity index is 249. The molecule has 15 heavy (non-hydrogen) atoms. The van der Waals surface area contributed by atoms with Crippen LogP contribution in [0.25, 0.3) is 0 Å². The lowest BCUT2D eigenvalue weighted by Gasteiger charge is -2.46. The summed E-state index contributed by atoms with van der Waals surface area (Å²) in [5, 5.41) is 8.98. The van der Waals surface area contributed by atoms with Gasteiger partial charge in [0.05, 0.1) is 12.2 Å². The number of aliphatic carboxylic acids is 1. The summed E-state index contributed by atoms with van der Waals surface area (Å²) in [4.78, 5) is 10.9. The molecule has 2 saturated heterocycles. The molecule has 0 aromatic rings. The van der Waals surface area contributed by atoms with E-state index in [1.807, 2.05) is 0 Å². The summed E-state index contributed by atoms with van der Waals surface area (Å²) in [7, 11) is 0. The zero-order valence-corrected chi connectivity index (χ0v) is 9.07. The second kappa shape index (κ2) is 4.10. The Morgan fingerprint density at radius 2 is 2.27 bits per heavy atom. The number of rotatable bonds is 1. The number of ether oxygens (including phenoxy) is 2. The zero-order chi connectivity index (χ0) is 10.9. The summed E-state index contributed by atoms with van der Waals surface area (Å²) in [6, 6.07) is 0. The van der Waals surface area contributed by atoms with Crippen LogP contribution in [-0.4, -0.2) is 36.0 Å². The molecule has 0 saturated carbocycles. The largest absolute Gasteiger partial charge is 0.479 e. The Morgan fingerprint density at radius 3 is 2.93 bits per heavy atom. The summed E-state index contributed by atoms with van der Waals surface area (Å²) in [6.07, 6.45) is 2.78. The first-order chi connectivity index (χ1) is 7.14. The minimum atomic E-state index is -0.826. The smallest absolute Gasteiger partial charge is 0.332 e. The van der Waals surface area contributed by atoms with Gasteiger partial charge < -0.3 is 14.6 Å². The van der Waals surface area contributed by atoms with E-state index in [0.717, 1.165) is 19.3 Å². The van der Waals surface area contributed by atoms with Crippen LogP contribution in [0.5, 0.6) is 0 Å². The lowest BCUT2D eigenvalue weighted by Crippen LogP contribution is -2.52. The maximum absolute atomic E-state index is 10.9. The predicted octanol–water partition coefficient (Wildman–Crippen LogP) is 1.44. The van der Waals surface area contributed by atoms with Gasteiger partial charge in [0, 0.05) is 18.9 Å². The van der Waals surface area contributed by atoms with Crippen LogP contribution in [0.3, 0.4) is 0 Å². The van der Waals surface area contributed by atoms with Crippen molar-refractivity contribution < 1.29 is 19.4 Å². The normalized spacial score (nSPS) is 41.7. The van der Waals surface area contributed by atoms with Crippen LogP contribution in [0.2, 0.25) is 0 Å². The van der Waals surface area contributed by atoms with E-state index in [9.17, 15) is 4.79 Å². The van der Waals surface area contributed by atoms with Crippen molar-refractivity contribution in [2.24, 2.45) is 5.92 Å². The Hall–Kier alpha value is -0.610. The second-order valence-corrected chi connectivity index (χ2v) is 4.63. The molecule has 1 N–H and O–H groups in total. The van der Waals surface area contributed by atoms with Crippen molar-refractivity contribution in [2.45, 2.75) is 44.3 Å². The van der Waals surface area contributed by atoms with Crippen LogP contribution in [0, 0.1) is 5.92 Å². The summed E-state index contributed by atoms with van der Waals surface area (Å²) in [5.74, 6) is -0.527. The molecule has 0 aromatic carbocycles. The highest BCUT2D eigenvalue weighted by Crippen LogP contribution is 2.40. The van der Waals surface area contributed by atoms with Gasteiger partial charge in [-0.15, -0.1) is 0 Å². The van der Waals surface area contributed by atoms with Gasteiger partial charge in [-0.3, -0.25) is 0 Å². The summed E-state index contributed by atoms with van der Waals surface area (Å²) >= 11 is 0. The van der Waals surface area contributed by atoms with Crippen molar-refractivity contribution in [3.8, 4) is 0 Å². The SMILES string of the molecule is CC1COCCC12CCCC(C(=O)O)O2. The first kappa shape index (κ1) is 10.9. The molecule has 2 aliphatic heterocycles. The van der Waals surface area contributed by atoms with E-state index in [0.29, 0.717) is 25.6 Å². The lowest BCUT2D eigenvalue weighted by molar-refractivity contribution is -0.208. The standard InChI is InChI=1S/C11H18O4/c1-8-7-14-6-5-11(8)4-2-3-9(15-11)10(12)13/h8-9H,2-7H2,1H3,(H,12,13). The Balaban J connectivity index is 2.09. The van der Waals surface area contributed by atoms with Crippen molar-refractivity contribution >= 4 is 5.97 Å². The molecule has 0 aliphatic carbocycles. The predicted molar refractivity (Wildman–Crippen MR) is 53.7 cm³/mol. The molecular weight excluding hydrogens is 196 g/mol. The first-order valence-electron chi connectivity index (χ1n) is 5.62. The molecule has 0 bridgehead atoms. The van der Waals surface area contributed by atoms with E-state index in [-0.39, 0.29) is 5.60 Å². The van der Waals surface area contributed by atoms with Gasteiger partial charge in [0.25, 0.3) is 0 Å². The van der Waals surface area contributed by atoms with Gasteiger partial charge in [-0.05, 0) is 19.3 Å². The van der Waals surface area contributed by atoms with E-state index < -0.39 is 12.1 Å². The first-order valence-corrected chi connectivity index (χ1v) is 5.62. The fourth-order valence-electron chi connectivity index (χ4n) is 2.61. The third-order valence-electron chi connectivity index (χ3n) is 3.65. The fourth-order valence-corrected chi connectivity index (χ4v) is 2.61. The minimum absolute atomic E-state index is 0.237. The molecule has 0 amide bonds. The average Bonchev–Trinajstić information content (AvgIpc) is 2.23. The Morgan fingerprint density at radius 1 is 1.47 bits per heavy atom. The number of hydrogen-bond acceptors (Lipinski definition) is 3. The summed E-state index contributed by atoms with van der Waals surface area (Å²) < 4.78 is 11.2. The van der Waals surface area contributed by atoms with Gasteiger partial charge >= 0.3 is 5.97 Å². The molecule has 0 aromatic heterocycles. The van der Waals surface area contributed by atoms with Gasteiger partial charge in [0.1, 0.15) is 0 Å².